The molecule has 0 saturated carbocycles. The maximum Gasteiger partial charge on any atom is 0.434 e. The molecule has 0 spiro atoms. The van der Waals surface area contributed by atoms with E-state index < -0.39 is 20.1 Å². The number of carbonyl (C=O) groups excluding carboxylic acids is 2. The number of hydrogen-bond donors (Lipinski definition) is 0. The van der Waals surface area contributed by atoms with Gasteiger partial charge in [0.15, 0.2) is 0 Å². The summed E-state index contributed by atoms with van der Waals surface area (Å²) in [6.07, 6.45) is -0.766. The SMILES string of the molecule is COC(=O)C(C[Si](C)(C)C)=NC(=O)OCc1ccccc1. The highest BCUT2D eigenvalue weighted by atomic mass is 28.3. The van der Waals surface area contributed by atoms with Crippen molar-refractivity contribution in [3.8, 4) is 0 Å². The number of esters is 1. The number of nitrogens with zero attached hydrogens (tertiary/aromatic N) is 1. The lowest BCUT2D eigenvalue weighted by atomic mass is 10.2. The van der Waals surface area contributed by atoms with E-state index in [0.29, 0.717) is 6.04 Å². The van der Waals surface area contributed by atoms with Gasteiger partial charge in [0.05, 0.1) is 15.2 Å². The molecule has 0 bridgehead atoms. The number of amides is 1. The van der Waals surface area contributed by atoms with E-state index in [4.69, 9.17) is 4.74 Å². The third-order valence-corrected chi connectivity index (χ3v) is 3.95. The number of aliphatic imine (C=N–C) groups is 1. The van der Waals surface area contributed by atoms with Crippen LogP contribution >= 0.6 is 0 Å². The summed E-state index contributed by atoms with van der Waals surface area (Å²) in [5, 5.41) is 0. The highest BCUT2D eigenvalue weighted by Crippen LogP contribution is 2.11. The molecule has 1 amide bonds. The van der Waals surface area contributed by atoms with E-state index in [1.165, 1.54) is 7.11 Å². The molecule has 0 heterocycles. The lowest BCUT2D eigenvalue weighted by Crippen LogP contribution is -2.29. The summed E-state index contributed by atoms with van der Waals surface area (Å²) < 4.78 is 9.72. The van der Waals surface area contributed by atoms with Gasteiger partial charge >= 0.3 is 12.1 Å². The molecule has 0 N–H and O–H groups in total. The minimum absolute atomic E-state index is 0.130. The average molecular weight is 307 g/mol. The Balaban J connectivity index is 2.70. The predicted molar refractivity (Wildman–Crippen MR) is 84.2 cm³/mol. The van der Waals surface area contributed by atoms with Crippen LogP contribution < -0.4 is 0 Å². The fourth-order valence-electron chi connectivity index (χ4n) is 1.64. The highest BCUT2D eigenvalue weighted by molar-refractivity contribution is 6.81. The molecule has 1 aromatic rings. The second kappa shape index (κ2) is 7.73. The summed E-state index contributed by atoms with van der Waals surface area (Å²) in [6.45, 7) is 6.38. The minimum atomic E-state index is -1.59. The van der Waals surface area contributed by atoms with Crippen molar-refractivity contribution in [2.75, 3.05) is 7.11 Å². The van der Waals surface area contributed by atoms with Crippen molar-refractivity contribution < 1.29 is 19.1 Å². The summed E-state index contributed by atoms with van der Waals surface area (Å²) in [5.41, 5.74) is 1.00. The van der Waals surface area contributed by atoms with Crippen LogP contribution in [0.15, 0.2) is 35.3 Å². The summed E-state index contributed by atoms with van der Waals surface area (Å²) in [5.74, 6) is -0.575. The Bertz CT molecular complexity index is 520. The zero-order valence-electron chi connectivity index (χ0n) is 12.9. The summed E-state index contributed by atoms with van der Waals surface area (Å²) in [6, 6.07) is 9.77. The third kappa shape index (κ3) is 6.85. The first kappa shape index (κ1) is 17.1. The maximum atomic E-state index is 11.7. The summed E-state index contributed by atoms with van der Waals surface area (Å²) >= 11 is 0. The Hall–Kier alpha value is -1.95. The van der Waals surface area contributed by atoms with Gasteiger partial charge in [-0.3, -0.25) is 0 Å². The first-order chi connectivity index (χ1) is 9.81. The average Bonchev–Trinajstić information content (AvgIpc) is 2.43. The van der Waals surface area contributed by atoms with E-state index in [1.54, 1.807) is 0 Å². The molecule has 0 atom stereocenters. The molecule has 0 unspecified atom stereocenters. The molecule has 0 aliphatic carbocycles. The van der Waals surface area contributed by atoms with Gasteiger partial charge < -0.3 is 9.47 Å². The monoisotopic (exact) mass is 307 g/mol. The number of carbonyl (C=O) groups is 2. The molecule has 1 rings (SSSR count). The van der Waals surface area contributed by atoms with Crippen molar-refractivity contribution >= 4 is 25.8 Å². The van der Waals surface area contributed by atoms with Crippen molar-refractivity contribution in [2.45, 2.75) is 32.3 Å². The Labute approximate surface area is 126 Å². The van der Waals surface area contributed by atoms with Crippen LogP contribution in [0, 0.1) is 0 Å². The van der Waals surface area contributed by atoms with Gasteiger partial charge in [0.2, 0.25) is 0 Å². The quantitative estimate of drug-likeness (QED) is 0.476. The molecule has 5 nitrogen and oxygen atoms in total. The van der Waals surface area contributed by atoms with Gasteiger partial charge in [-0.15, -0.1) is 0 Å². The van der Waals surface area contributed by atoms with Gasteiger partial charge in [-0.2, -0.15) is 4.99 Å². The molecular formula is C15H21NO4Si. The van der Waals surface area contributed by atoms with E-state index in [9.17, 15) is 9.59 Å². The molecule has 6 heteroatoms. The number of hydrogen-bond acceptors (Lipinski definition) is 4. The number of rotatable bonds is 5. The Morgan fingerprint density at radius 3 is 2.29 bits per heavy atom. The minimum Gasteiger partial charge on any atom is -0.465 e. The van der Waals surface area contributed by atoms with Crippen molar-refractivity contribution in [1.29, 1.82) is 0 Å². The lowest BCUT2D eigenvalue weighted by Gasteiger charge is -2.15. The molecule has 0 saturated heterocycles. The van der Waals surface area contributed by atoms with Gasteiger partial charge in [0.25, 0.3) is 0 Å². The number of ether oxygens (including phenoxy) is 2. The van der Waals surface area contributed by atoms with E-state index in [0.717, 1.165) is 5.56 Å². The van der Waals surface area contributed by atoms with Crippen LogP contribution in [0.2, 0.25) is 25.7 Å². The molecule has 0 aliphatic rings. The fraction of sp³-hybridized carbons (Fsp3) is 0.400. The van der Waals surface area contributed by atoms with Crippen molar-refractivity contribution in [3.05, 3.63) is 35.9 Å². The Morgan fingerprint density at radius 2 is 1.76 bits per heavy atom. The topological polar surface area (TPSA) is 65.0 Å². The van der Waals surface area contributed by atoms with Crippen LogP contribution in [0.1, 0.15) is 5.56 Å². The smallest absolute Gasteiger partial charge is 0.434 e. The first-order valence-electron chi connectivity index (χ1n) is 6.68. The van der Waals surface area contributed by atoms with Gasteiger partial charge in [-0.05, 0) is 11.6 Å². The van der Waals surface area contributed by atoms with E-state index >= 15 is 0 Å². The van der Waals surface area contributed by atoms with Crippen LogP contribution in [-0.2, 0) is 20.9 Å². The van der Waals surface area contributed by atoms with E-state index in [-0.39, 0.29) is 12.3 Å². The standard InChI is InChI=1S/C15H21NO4Si/c1-19-14(17)13(11-21(2,3)4)16-15(18)20-10-12-8-6-5-7-9-12/h5-9H,10-11H2,1-4H3. The van der Waals surface area contributed by atoms with Crippen LogP contribution in [0.25, 0.3) is 0 Å². The molecule has 1 aromatic carbocycles. The molecule has 0 radical (unpaired) electrons. The summed E-state index contributed by atoms with van der Waals surface area (Å²) in [7, 11) is -0.317. The lowest BCUT2D eigenvalue weighted by molar-refractivity contribution is -0.132. The normalized spacial score (nSPS) is 11.9. The molecule has 21 heavy (non-hydrogen) atoms. The third-order valence-electron chi connectivity index (χ3n) is 2.55. The van der Waals surface area contributed by atoms with Crippen LogP contribution in [0.5, 0.6) is 0 Å². The molecule has 0 aliphatic heterocycles. The largest absolute Gasteiger partial charge is 0.465 e. The van der Waals surface area contributed by atoms with Crippen molar-refractivity contribution in [3.63, 3.8) is 0 Å². The van der Waals surface area contributed by atoms with Gasteiger partial charge in [0.1, 0.15) is 12.3 Å². The Kier molecular flexibility index (Phi) is 6.29. The molecule has 0 fully saturated rings. The second-order valence-corrected chi connectivity index (χ2v) is 11.3. The van der Waals surface area contributed by atoms with Gasteiger partial charge in [-0.25, -0.2) is 9.59 Å². The summed E-state index contributed by atoms with van der Waals surface area (Å²) in [4.78, 5) is 27.2. The fourth-order valence-corrected chi connectivity index (χ4v) is 2.87. The predicted octanol–water partition coefficient (Wildman–Crippen LogP) is 3.28. The van der Waals surface area contributed by atoms with Crippen molar-refractivity contribution in [1.82, 2.24) is 0 Å². The van der Waals surface area contributed by atoms with Gasteiger partial charge in [0, 0.05) is 0 Å². The molecule has 114 valence electrons. The zero-order chi connectivity index (χ0) is 15.9. The van der Waals surface area contributed by atoms with Crippen LogP contribution in [0.4, 0.5) is 4.79 Å². The highest BCUT2D eigenvalue weighted by Gasteiger charge is 2.23. The Morgan fingerprint density at radius 1 is 1.14 bits per heavy atom. The van der Waals surface area contributed by atoms with Crippen LogP contribution in [0.3, 0.4) is 0 Å². The molecular weight excluding hydrogens is 286 g/mol. The number of methoxy groups -OCH3 is 1. The maximum absolute atomic E-state index is 11.7. The van der Waals surface area contributed by atoms with Gasteiger partial charge in [-0.1, -0.05) is 50.0 Å². The number of benzene rings is 1. The first-order valence-corrected chi connectivity index (χ1v) is 10.4. The second-order valence-electron chi connectivity index (χ2n) is 5.83. The van der Waals surface area contributed by atoms with E-state index in [1.807, 2.05) is 30.3 Å². The van der Waals surface area contributed by atoms with E-state index in [2.05, 4.69) is 29.4 Å². The van der Waals surface area contributed by atoms with Crippen LogP contribution in [-0.4, -0.2) is 33.0 Å². The zero-order valence-corrected chi connectivity index (χ0v) is 13.9. The molecule has 0 aromatic heterocycles. The van der Waals surface area contributed by atoms with Crippen molar-refractivity contribution in [2.24, 2.45) is 4.99 Å².